The van der Waals surface area contributed by atoms with E-state index in [4.69, 9.17) is 10.2 Å². The van der Waals surface area contributed by atoms with Gasteiger partial charge in [-0.1, -0.05) is 18.2 Å². The van der Waals surface area contributed by atoms with Crippen molar-refractivity contribution >= 4 is 22.6 Å². The van der Waals surface area contributed by atoms with Crippen molar-refractivity contribution in [3.8, 4) is 0 Å². The first-order valence-corrected chi connectivity index (χ1v) is 5.90. The van der Waals surface area contributed by atoms with Crippen LogP contribution >= 0.6 is 0 Å². The van der Waals surface area contributed by atoms with Gasteiger partial charge in [-0.3, -0.25) is 4.98 Å². The number of pyridine rings is 1. The van der Waals surface area contributed by atoms with E-state index in [9.17, 15) is 18.0 Å². The summed E-state index contributed by atoms with van der Waals surface area (Å²) in [6.45, 7) is -0.849. The van der Waals surface area contributed by atoms with Crippen molar-refractivity contribution in [3.63, 3.8) is 0 Å². The molecule has 8 heteroatoms. The van der Waals surface area contributed by atoms with Crippen molar-refractivity contribution in [1.29, 1.82) is 0 Å². The number of aromatic nitrogens is 1. The van der Waals surface area contributed by atoms with E-state index in [2.05, 4.69) is 10.3 Å². The lowest BCUT2D eigenvalue weighted by Crippen LogP contribution is -2.35. The van der Waals surface area contributed by atoms with E-state index in [0.717, 1.165) is 6.20 Å². The number of para-hydroxylation sites is 1. The van der Waals surface area contributed by atoms with Crippen LogP contribution in [0.1, 0.15) is 10.4 Å². The number of carbonyl (C=O) groups is 1. The predicted octanol–water partition coefficient (Wildman–Crippen LogP) is 2.27. The van der Waals surface area contributed by atoms with Gasteiger partial charge in [0.1, 0.15) is 5.56 Å². The SMILES string of the molecule is O=C(O)c1cnc2ccccc2c1NCC(O)C(F)(F)F. The van der Waals surface area contributed by atoms with Crippen LogP contribution in [0.3, 0.4) is 0 Å². The van der Waals surface area contributed by atoms with Crippen LogP contribution in [0.15, 0.2) is 30.5 Å². The number of halogens is 3. The zero-order valence-corrected chi connectivity index (χ0v) is 10.6. The Labute approximate surface area is 117 Å². The number of rotatable bonds is 4. The smallest absolute Gasteiger partial charge is 0.416 e. The van der Waals surface area contributed by atoms with E-state index >= 15 is 0 Å². The molecule has 1 atom stereocenters. The molecular formula is C13H11F3N2O3. The number of aromatic carboxylic acids is 1. The summed E-state index contributed by atoms with van der Waals surface area (Å²) in [6.07, 6.45) is -6.31. The molecule has 2 rings (SSSR count). The molecule has 0 bridgehead atoms. The van der Waals surface area contributed by atoms with Gasteiger partial charge in [-0.2, -0.15) is 13.2 Å². The Morgan fingerprint density at radius 3 is 2.62 bits per heavy atom. The van der Waals surface area contributed by atoms with Gasteiger partial charge in [-0.15, -0.1) is 0 Å². The van der Waals surface area contributed by atoms with E-state index in [-0.39, 0.29) is 11.3 Å². The Morgan fingerprint density at radius 1 is 1.33 bits per heavy atom. The van der Waals surface area contributed by atoms with Gasteiger partial charge in [0.2, 0.25) is 0 Å². The molecule has 1 unspecified atom stereocenters. The lowest BCUT2D eigenvalue weighted by molar-refractivity contribution is -0.198. The number of hydrogen-bond acceptors (Lipinski definition) is 4. The quantitative estimate of drug-likeness (QED) is 0.807. The standard InChI is InChI=1S/C13H11F3N2O3/c14-13(15,16)10(19)6-18-11-7-3-1-2-4-9(7)17-5-8(11)12(20)21/h1-5,10,19H,6H2,(H,17,18)(H,20,21). The average Bonchev–Trinajstić information content (AvgIpc) is 2.42. The first kappa shape index (κ1) is 15.0. The minimum Gasteiger partial charge on any atom is -0.478 e. The number of nitrogens with one attached hydrogen (secondary N) is 1. The van der Waals surface area contributed by atoms with Gasteiger partial charge in [-0.05, 0) is 6.07 Å². The molecular weight excluding hydrogens is 289 g/mol. The highest BCUT2D eigenvalue weighted by molar-refractivity contribution is 6.04. The minimum atomic E-state index is -4.78. The van der Waals surface area contributed by atoms with Crippen molar-refractivity contribution in [2.45, 2.75) is 12.3 Å². The molecule has 0 radical (unpaired) electrons. The Bertz CT molecular complexity index is 673. The Morgan fingerprint density at radius 2 is 2.00 bits per heavy atom. The first-order valence-electron chi connectivity index (χ1n) is 5.90. The number of carboxylic acids is 1. The molecule has 0 amide bonds. The average molecular weight is 300 g/mol. The van der Waals surface area contributed by atoms with E-state index < -0.39 is 24.8 Å². The van der Waals surface area contributed by atoms with Crippen LogP contribution < -0.4 is 5.32 Å². The first-order chi connectivity index (χ1) is 9.80. The molecule has 0 aliphatic rings. The number of aliphatic hydroxyl groups excluding tert-OH is 1. The molecule has 0 spiro atoms. The summed E-state index contributed by atoms with van der Waals surface area (Å²) in [5.41, 5.74) is 0.172. The van der Waals surface area contributed by atoms with E-state index in [1.807, 2.05) is 0 Å². The second kappa shape index (κ2) is 5.57. The van der Waals surface area contributed by atoms with E-state index in [1.165, 1.54) is 6.07 Å². The maximum absolute atomic E-state index is 12.3. The highest BCUT2D eigenvalue weighted by Crippen LogP contribution is 2.27. The van der Waals surface area contributed by atoms with Crippen molar-refractivity contribution in [3.05, 3.63) is 36.0 Å². The number of alkyl halides is 3. The molecule has 112 valence electrons. The van der Waals surface area contributed by atoms with Gasteiger partial charge in [0.05, 0.1) is 11.2 Å². The molecule has 1 heterocycles. The summed E-state index contributed by atoms with van der Waals surface area (Å²) in [6, 6.07) is 6.43. The maximum atomic E-state index is 12.3. The number of nitrogens with zero attached hydrogens (tertiary/aromatic N) is 1. The van der Waals surface area contributed by atoms with Gasteiger partial charge in [0.15, 0.2) is 6.10 Å². The largest absolute Gasteiger partial charge is 0.478 e. The topological polar surface area (TPSA) is 82.5 Å². The minimum absolute atomic E-state index is 0.00333. The Balaban J connectivity index is 2.40. The van der Waals surface area contributed by atoms with Crippen LogP contribution in [0.4, 0.5) is 18.9 Å². The lowest BCUT2D eigenvalue weighted by atomic mass is 10.1. The number of carboxylic acid groups (broad SMARTS) is 1. The molecule has 5 nitrogen and oxygen atoms in total. The summed E-state index contributed by atoms with van der Waals surface area (Å²) in [4.78, 5) is 15.1. The third-order valence-electron chi connectivity index (χ3n) is 2.86. The van der Waals surface area contributed by atoms with E-state index in [1.54, 1.807) is 18.2 Å². The van der Waals surface area contributed by atoms with Crippen molar-refractivity contribution in [1.82, 2.24) is 4.98 Å². The van der Waals surface area contributed by atoms with Crippen LogP contribution in [-0.2, 0) is 0 Å². The van der Waals surface area contributed by atoms with Gasteiger partial charge in [0.25, 0.3) is 0 Å². The molecule has 0 aliphatic heterocycles. The van der Waals surface area contributed by atoms with Crippen LogP contribution in [0.2, 0.25) is 0 Å². The van der Waals surface area contributed by atoms with Crippen LogP contribution in [0, 0.1) is 0 Å². The van der Waals surface area contributed by atoms with Crippen molar-refractivity contribution in [2.75, 3.05) is 11.9 Å². The molecule has 0 saturated heterocycles. The highest BCUT2D eigenvalue weighted by Gasteiger charge is 2.38. The van der Waals surface area contributed by atoms with Gasteiger partial charge < -0.3 is 15.5 Å². The molecule has 0 aliphatic carbocycles. The van der Waals surface area contributed by atoms with Crippen LogP contribution in [0.25, 0.3) is 10.9 Å². The fourth-order valence-corrected chi connectivity index (χ4v) is 1.81. The number of fused-ring (bicyclic) bond motifs is 1. The Hall–Kier alpha value is -2.35. The summed E-state index contributed by atoms with van der Waals surface area (Å²) in [5, 5.41) is 20.8. The molecule has 2 aromatic rings. The number of aliphatic hydroxyl groups is 1. The highest BCUT2D eigenvalue weighted by atomic mass is 19.4. The van der Waals surface area contributed by atoms with Gasteiger partial charge >= 0.3 is 12.1 Å². The summed E-state index contributed by atoms with van der Waals surface area (Å²) in [5.74, 6) is -1.32. The molecule has 0 fully saturated rings. The lowest BCUT2D eigenvalue weighted by Gasteiger charge is -2.17. The third kappa shape index (κ3) is 3.22. The zero-order chi connectivity index (χ0) is 15.6. The molecule has 1 aromatic heterocycles. The summed E-state index contributed by atoms with van der Waals surface area (Å²) < 4.78 is 36.9. The Kier molecular flexibility index (Phi) is 3.99. The second-order valence-corrected chi connectivity index (χ2v) is 4.31. The third-order valence-corrected chi connectivity index (χ3v) is 2.86. The van der Waals surface area contributed by atoms with Gasteiger partial charge in [-0.25, -0.2) is 4.79 Å². The van der Waals surface area contributed by atoms with Crippen LogP contribution in [-0.4, -0.2) is 40.0 Å². The van der Waals surface area contributed by atoms with Crippen molar-refractivity contribution < 1.29 is 28.2 Å². The predicted molar refractivity (Wildman–Crippen MR) is 69.3 cm³/mol. The molecule has 3 N–H and O–H groups in total. The maximum Gasteiger partial charge on any atom is 0.416 e. The monoisotopic (exact) mass is 300 g/mol. The fourth-order valence-electron chi connectivity index (χ4n) is 1.81. The zero-order valence-electron chi connectivity index (χ0n) is 10.6. The summed E-state index contributed by atoms with van der Waals surface area (Å²) >= 11 is 0. The second-order valence-electron chi connectivity index (χ2n) is 4.31. The van der Waals surface area contributed by atoms with Crippen LogP contribution in [0.5, 0.6) is 0 Å². The van der Waals surface area contributed by atoms with Gasteiger partial charge in [0, 0.05) is 18.1 Å². The molecule has 1 aromatic carbocycles. The summed E-state index contributed by atoms with van der Waals surface area (Å²) in [7, 11) is 0. The molecule has 21 heavy (non-hydrogen) atoms. The number of benzene rings is 1. The van der Waals surface area contributed by atoms with E-state index in [0.29, 0.717) is 10.9 Å². The normalized spacial score (nSPS) is 13.1. The fraction of sp³-hybridized carbons (Fsp3) is 0.231. The van der Waals surface area contributed by atoms with Crippen molar-refractivity contribution in [2.24, 2.45) is 0 Å². The molecule has 0 saturated carbocycles. The number of hydrogen-bond donors (Lipinski definition) is 3. The number of anilines is 1.